The van der Waals surface area contributed by atoms with Gasteiger partial charge in [0.1, 0.15) is 0 Å². The molecule has 0 fully saturated rings. The van der Waals surface area contributed by atoms with E-state index >= 15 is 0 Å². The van der Waals surface area contributed by atoms with Crippen molar-refractivity contribution in [3.05, 3.63) is 41.6 Å². The number of unbranched alkanes of at least 4 members (excludes halogenated alkanes) is 1. The number of benzene rings is 1. The molecule has 0 aliphatic heterocycles. The van der Waals surface area contributed by atoms with Crippen LogP contribution in [0, 0.1) is 0 Å². The first-order valence-electron chi connectivity index (χ1n) is 8.04. The SMILES string of the molecule is CCCCN(C)Cc1cn[nH]c1-c1ccc(CCC)cc1. The lowest BCUT2D eigenvalue weighted by Gasteiger charge is -2.16. The number of aromatic nitrogens is 2. The maximum Gasteiger partial charge on any atom is 0.0695 e. The summed E-state index contributed by atoms with van der Waals surface area (Å²) in [5, 5.41) is 7.40. The molecule has 1 heterocycles. The number of aromatic amines is 1. The van der Waals surface area contributed by atoms with E-state index in [1.165, 1.54) is 36.0 Å². The average molecular weight is 285 g/mol. The van der Waals surface area contributed by atoms with Gasteiger partial charge in [0.15, 0.2) is 0 Å². The standard InChI is InChI=1S/C18H27N3/c1-4-6-12-21(3)14-17-13-19-20-18(17)16-10-8-15(7-5-2)9-11-16/h8-11,13H,4-7,12,14H2,1-3H3,(H,19,20). The van der Waals surface area contributed by atoms with Crippen molar-refractivity contribution in [1.29, 1.82) is 0 Å². The van der Waals surface area contributed by atoms with E-state index in [9.17, 15) is 0 Å². The lowest BCUT2D eigenvalue weighted by atomic mass is 10.0. The maximum atomic E-state index is 4.24. The molecule has 2 aromatic rings. The minimum Gasteiger partial charge on any atom is -0.302 e. The number of hydrogen-bond acceptors (Lipinski definition) is 2. The normalized spacial score (nSPS) is 11.2. The summed E-state index contributed by atoms with van der Waals surface area (Å²) in [6.07, 6.45) is 6.78. The highest BCUT2D eigenvalue weighted by atomic mass is 15.1. The van der Waals surface area contributed by atoms with Crippen molar-refractivity contribution >= 4 is 0 Å². The number of hydrogen-bond donors (Lipinski definition) is 1. The first-order chi connectivity index (χ1) is 10.2. The summed E-state index contributed by atoms with van der Waals surface area (Å²) in [7, 11) is 2.18. The topological polar surface area (TPSA) is 31.9 Å². The molecule has 0 aliphatic carbocycles. The molecular formula is C18H27N3. The van der Waals surface area contributed by atoms with Crippen LogP contribution < -0.4 is 0 Å². The molecule has 0 amide bonds. The van der Waals surface area contributed by atoms with E-state index in [1.807, 2.05) is 6.20 Å². The second-order valence-corrected chi connectivity index (χ2v) is 5.81. The van der Waals surface area contributed by atoms with Gasteiger partial charge in [-0.2, -0.15) is 5.10 Å². The molecule has 0 aliphatic rings. The Hall–Kier alpha value is -1.61. The van der Waals surface area contributed by atoms with Crippen LogP contribution >= 0.6 is 0 Å². The molecule has 1 aromatic carbocycles. The third-order valence-corrected chi connectivity index (χ3v) is 3.83. The summed E-state index contributed by atoms with van der Waals surface area (Å²) >= 11 is 0. The second-order valence-electron chi connectivity index (χ2n) is 5.81. The Morgan fingerprint density at radius 1 is 1.10 bits per heavy atom. The second kappa shape index (κ2) is 7.99. The van der Waals surface area contributed by atoms with Crippen molar-refractivity contribution < 1.29 is 0 Å². The monoisotopic (exact) mass is 285 g/mol. The molecule has 0 unspecified atom stereocenters. The molecule has 21 heavy (non-hydrogen) atoms. The van der Waals surface area contributed by atoms with E-state index in [1.54, 1.807) is 0 Å². The molecule has 3 heteroatoms. The van der Waals surface area contributed by atoms with Gasteiger partial charge in [-0.05, 0) is 37.6 Å². The highest BCUT2D eigenvalue weighted by Crippen LogP contribution is 2.23. The van der Waals surface area contributed by atoms with Crippen LogP contribution in [-0.2, 0) is 13.0 Å². The Morgan fingerprint density at radius 3 is 2.52 bits per heavy atom. The van der Waals surface area contributed by atoms with Crippen LogP contribution in [0.3, 0.4) is 0 Å². The zero-order valence-electron chi connectivity index (χ0n) is 13.5. The van der Waals surface area contributed by atoms with Crippen LogP contribution in [0.25, 0.3) is 11.3 Å². The van der Waals surface area contributed by atoms with Gasteiger partial charge in [-0.25, -0.2) is 0 Å². The summed E-state index contributed by atoms with van der Waals surface area (Å²) in [6.45, 7) is 6.53. The van der Waals surface area contributed by atoms with E-state index in [0.29, 0.717) is 0 Å². The maximum absolute atomic E-state index is 4.24. The van der Waals surface area contributed by atoms with Crippen LogP contribution in [0.1, 0.15) is 44.2 Å². The third kappa shape index (κ3) is 4.43. The van der Waals surface area contributed by atoms with Gasteiger partial charge < -0.3 is 4.90 Å². The Labute approximate surface area is 128 Å². The number of aryl methyl sites for hydroxylation is 1. The predicted molar refractivity (Wildman–Crippen MR) is 89.3 cm³/mol. The van der Waals surface area contributed by atoms with Gasteiger partial charge in [-0.1, -0.05) is 51.0 Å². The summed E-state index contributed by atoms with van der Waals surface area (Å²) < 4.78 is 0. The van der Waals surface area contributed by atoms with Crippen LogP contribution in [-0.4, -0.2) is 28.7 Å². The van der Waals surface area contributed by atoms with Crippen molar-refractivity contribution in [3.63, 3.8) is 0 Å². The van der Waals surface area contributed by atoms with Crippen molar-refractivity contribution in [3.8, 4) is 11.3 Å². The zero-order valence-corrected chi connectivity index (χ0v) is 13.5. The summed E-state index contributed by atoms with van der Waals surface area (Å²) in [4.78, 5) is 2.36. The predicted octanol–water partition coefficient (Wildman–Crippen LogP) is 4.26. The van der Waals surface area contributed by atoms with Crippen molar-refractivity contribution in [2.45, 2.75) is 46.1 Å². The smallest absolute Gasteiger partial charge is 0.0695 e. The largest absolute Gasteiger partial charge is 0.302 e. The molecular weight excluding hydrogens is 258 g/mol. The van der Waals surface area contributed by atoms with E-state index in [4.69, 9.17) is 0 Å². The Bertz CT molecular complexity index is 528. The van der Waals surface area contributed by atoms with Gasteiger partial charge >= 0.3 is 0 Å². The van der Waals surface area contributed by atoms with Gasteiger partial charge in [0.05, 0.1) is 11.9 Å². The van der Waals surface area contributed by atoms with Crippen LogP contribution in [0.2, 0.25) is 0 Å². The Kier molecular flexibility index (Phi) is 6.00. The number of nitrogens with one attached hydrogen (secondary N) is 1. The molecule has 0 radical (unpaired) electrons. The van der Waals surface area contributed by atoms with Gasteiger partial charge in [-0.15, -0.1) is 0 Å². The molecule has 0 bridgehead atoms. The molecule has 3 nitrogen and oxygen atoms in total. The summed E-state index contributed by atoms with van der Waals surface area (Å²) in [6, 6.07) is 8.86. The Morgan fingerprint density at radius 2 is 1.86 bits per heavy atom. The molecule has 1 aromatic heterocycles. The van der Waals surface area contributed by atoms with Gasteiger partial charge in [0, 0.05) is 12.1 Å². The number of H-pyrrole nitrogens is 1. The molecule has 0 saturated heterocycles. The van der Waals surface area contributed by atoms with Crippen LogP contribution in [0.5, 0.6) is 0 Å². The van der Waals surface area contributed by atoms with Crippen molar-refractivity contribution in [2.24, 2.45) is 0 Å². The minimum atomic E-state index is 0.947. The van der Waals surface area contributed by atoms with Gasteiger partial charge in [0.2, 0.25) is 0 Å². The lowest BCUT2D eigenvalue weighted by Crippen LogP contribution is -2.19. The summed E-state index contributed by atoms with van der Waals surface area (Å²) in [5.41, 5.74) is 5.06. The Balaban J connectivity index is 2.08. The molecule has 0 spiro atoms. The highest BCUT2D eigenvalue weighted by Gasteiger charge is 2.09. The number of nitrogens with zero attached hydrogens (tertiary/aromatic N) is 2. The van der Waals surface area contributed by atoms with Crippen LogP contribution in [0.4, 0.5) is 0 Å². The van der Waals surface area contributed by atoms with E-state index in [0.717, 1.165) is 25.2 Å². The number of rotatable bonds is 8. The van der Waals surface area contributed by atoms with Gasteiger partial charge in [0.25, 0.3) is 0 Å². The molecule has 1 N–H and O–H groups in total. The van der Waals surface area contributed by atoms with E-state index < -0.39 is 0 Å². The lowest BCUT2D eigenvalue weighted by molar-refractivity contribution is 0.321. The molecule has 0 atom stereocenters. The first-order valence-corrected chi connectivity index (χ1v) is 8.04. The van der Waals surface area contributed by atoms with Crippen molar-refractivity contribution in [2.75, 3.05) is 13.6 Å². The molecule has 114 valence electrons. The fourth-order valence-electron chi connectivity index (χ4n) is 2.61. The van der Waals surface area contributed by atoms with E-state index in [-0.39, 0.29) is 0 Å². The highest BCUT2D eigenvalue weighted by molar-refractivity contribution is 5.62. The fourth-order valence-corrected chi connectivity index (χ4v) is 2.61. The zero-order chi connectivity index (χ0) is 15.1. The first kappa shape index (κ1) is 15.8. The average Bonchev–Trinajstić information content (AvgIpc) is 2.94. The molecule has 2 rings (SSSR count). The molecule has 0 saturated carbocycles. The van der Waals surface area contributed by atoms with E-state index in [2.05, 4.69) is 60.3 Å². The minimum absolute atomic E-state index is 0.947. The third-order valence-electron chi connectivity index (χ3n) is 3.83. The fraction of sp³-hybridized carbons (Fsp3) is 0.500. The van der Waals surface area contributed by atoms with Crippen LogP contribution in [0.15, 0.2) is 30.5 Å². The quantitative estimate of drug-likeness (QED) is 0.786. The van der Waals surface area contributed by atoms with Gasteiger partial charge in [-0.3, -0.25) is 5.10 Å². The van der Waals surface area contributed by atoms with Crippen molar-refractivity contribution in [1.82, 2.24) is 15.1 Å². The summed E-state index contributed by atoms with van der Waals surface area (Å²) in [5.74, 6) is 0.